The summed E-state index contributed by atoms with van der Waals surface area (Å²) in [5, 5.41) is 20.2. The summed E-state index contributed by atoms with van der Waals surface area (Å²) < 4.78 is 0. The molecule has 4 nitrogen and oxygen atoms in total. The molecule has 0 N–H and O–H groups in total. The van der Waals surface area contributed by atoms with Crippen LogP contribution in [-0.2, 0) is 6.42 Å². The number of benzene rings is 3. The van der Waals surface area contributed by atoms with E-state index in [2.05, 4.69) is 18.7 Å². The molecule has 0 heterocycles. The van der Waals surface area contributed by atoms with Gasteiger partial charge in [-0.1, -0.05) is 97.1 Å². The van der Waals surface area contributed by atoms with E-state index in [1.165, 1.54) is 29.8 Å². The van der Waals surface area contributed by atoms with E-state index in [1.807, 2.05) is 24.3 Å². The minimum atomic E-state index is -1.13. The van der Waals surface area contributed by atoms with E-state index in [4.69, 9.17) is 0 Å². The van der Waals surface area contributed by atoms with Crippen molar-refractivity contribution in [2.24, 2.45) is 0 Å². The maximum atomic E-state index is 10.1. The molecule has 3 rings (SSSR count). The minimum absolute atomic E-state index is 0. The molecule has 0 aliphatic heterocycles. The molecule has 0 amide bonds. The number of allylic oxidation sites excluding steroid dienone is 1. The molecular weight excluding hydrogens is 380 g/mol. The molecule has 0 radical (unpaired) electrons. The van der Waals surface area contributed by atoms with E-state index in [9.17, 15) is 19.8 Å². The first-order valence-corrected chi connectivity index (χ1v) is 8.22. The van der Waals surface area contributed by atoms with Gasteiger partial charge in [0.05, 0.1) is 11.9 Å². The van der Waals surface area contributed by atoms with Crippen LogP contribution in [0.2, 0.25) is 0 Å². The predicted octanol–water partition coefficient (Wildman–Crippen LogP) is 2.13. The number of aromatic carboxylic acids is 2. The van der Waals surface area contributed by atoms with Crippen LogP contribution in [0.15, 0.2) is 104 Å². The average molecular weight is 400 g/mol. The zero-order chi connectivity index (χ0) is 19.9. The number of rotatable bonds is 4. The van der Waals surface area contributed by atoms with Crippen molar-refractivity contribution in [2.75, 3.05) is 0 Å². The second-order valence-electron chi connectivity index (χ2n) is 5.29. The summed E-state index contributed by atoms with van der Waals surface area (Å²) in [5.41, 5.74) is 1.77. The summed E-state index contributed by atoms with van der Waals surface area (Å²) >= 11 is 0. The number of carboxylic acids is 2. The molecule has 3 aromatic carbocycles. The number of carbonyl (C=O) groups excluding carboxylic acids is 2. The van der Waals surface area contributed by atoms with Crippen LogP contribution >= 0.6 is 0 Å². The monoisotopic (exact) mass is 400 g/mol. The predicted molar refractivity (Wildman–Crippen MR) is 108 cm³/mol. The number of hydrogen-bond donors (Lipinski definition) is 0. The van der Waals surface area contributed by atoms with E-state index < -0.39 is 11.9 Å². The van der Waals surface area contributed by atoms with Crippen molar-refractivity contribution in [3.8, 4) is 0 Å². The van der Waals surface area contributed by atoms with Crippen LogP contribution in [0.1, 0.15) is 26.3 Å². The van der Waals surface area contributed by atoms with Crippen molar-refractivity contribution in [1.29, 1.82) is 0 Å². The molecule has 0 aliphatic carbocycles. The van der Waals surface area contributed by atoms with Gasteiger partial charge in [-0.15, -0.1) is 6.58 Å². The third kappa shape index (κ3) is 11.3. The Hall–Kier alpha value is -2.40. The summed E-state index contributed by atoms with van der Waals surface area (Å²) in [4.78, 5) is 20.2. The van der Waals surface area contributed by atoms with E-state index in [-0.39, 0.29) is 48.9 Å². The average Bonchev–Trinajstić information content (AvgIpc) is 2.71. The summed E-state index contributed by atoms with van der Waals surface area (Å²) in [6, 6.07) is 26.4. The van der Waals surface area contributed by atoms with Gasteiger partial charge >= 0.3 is 37.7 Å². The van der Waals surface area contributed by atoms with Gasteiger partial charge in [-0.3, -0.25) is 0 Å². The third-order valence-electron chi connectivity index (χ3n) is 3.24. The van der Waals surface area contributed by atoms with Gasteiger partial charge in [0.2, 0.25) is 0 Å². The molecule has 0 aliphatic rings. The normalized spacial score (nSPS) is 8.57. The van der Waals surface area contributed by atoms with E-state index in [0.29, 0.717) is 0 Å². The maximum absolute atomic E-state index is 10.1. The Morgan fingerprint density at radius 1 is 0.679 bits per heavy atom. The summed E-state index contributed by atoms with van der Waals surface area (Å²) in [5.74, 6) is -2.26. The molecule has 0 bridgehead atoms. The van der Waals surface area contributed by atoms with Crippen LogP contribution in [0.3, 0.4) is 0 Å². The van der Waals surface area contributed by atoms with Gasteiger partial charge in [0, 0.05) is 0 Å². The number of carbonyl (C=O) groups is 2. The quantitative estimate of drug-likeness (QED) is 0.496. The summed E-state index contributed by atoms with van der Waals surface area (Å²) in [7, 11) is 0. The Morgan fingerprint density at radius 2 is 1.00 bits per heavy atom. The van der Waals surface area contributed by atoms with Gasteiger partial charge in [0.15, 0.2) is 0 Å². The molecule has 3 aromatic rings. The fourth-order valence-corrected chi connectivity index (χ4v) is 1.93. The molecule has 0 unspecified atom stereocenters. The summed E-state index contributed by atoms with van der Waals surface area (Å²) in [6.07, 6.45) is 2.89. The first-order chi connectivity index (χ1) is 13.0. The van der Waals surface area contributed by atoms with Crippen molar-refractivity contribution in [3.05, 3.63) is 120 Å². The van der Waals surface area contributed by atoms with Crippen molar-refractivity contribution in [3.63, 3.8) is 0 Å². The molecule has 0 saturated heterocycles. The standard InChI is InChI=1S/C9H10.2C7H6O2.Ca/c1-2-6-9-7-4-3-5-8-9;2*8-7(9)6-4-2-1-3-5-6;/h2-5,7-8H,1,6H2;2*1-5H,(H,8,9);/q;;;+2/p-2. The van der Waals surface area contributed by atoms with E-state index in [1.54, 1.807) is 36.4 Å². The van der Waals surface area contributed by atoms with Gasteiger partial charge in [-0.05, 0) is 23.1 Å². The SMILES string of the molecule is C=CCc1ccccc1.O=C([O-])c1ccccc1.O=C([O-])c1ccccc1.[Ca+2]. The molecule has 0 aromatic heterocycles. The van der Waals surface area contributed by atoms with Gasteiger partial charge in [-0.2, -0.15) is 0 Å². The maximum Gasteiger partial charge on any atom is 2.00 e. The smallest absolute Gasteiger partial charge is 0.545 e. The van der Waals surface area contributed by atoms with Crippen LogP contribution in [0.25, 0.3) is 0 Å². The summed E-state index contributed by atoms with van der Waals surface area (Å²) in [6.45, 7) is 3.66. The number of hydrogen-bond acceptors (Lipinski definition) is 4. The first-order valence-electron chi connectivity index (χ1n) is 8.22. The molecule has 138 valence electrons. The van der Waals surface area contributed by atoms with Crippen LogP contribution in [-0.4, -0.2) is 49.7 Å². The fourth-order valence-electron chi connectivity index (χ4n) is 1.93. The van der Waals surface area contributed by atoms with Crippen molar-refractivity contribution < 1.29 is 19.8 Å². The molecular formula is C23H20CaO4. The Bertz CT molecular complexity index is 769. The molecule has 0 saturated carbocycles. The van der Waals surface area contributed by atoms with E-state index >= 15 is 0 Å². The van der Waals surface area contributed by atoms with Crippen molar-refractivity contribution >= 4 is 49.7 Å². The van der Waals surface area contributed by atoms with Gasteiger partial charge in [-0.25, -0.2) is 0 Å². The van der Waals surface area contributed by atoms with Crippen LogP contribution in [0, 0.1) is 0 Å². The zero-order valence-corrected chi connectivity index (χ0v) is 17.7. The Labute approximate surface area is 195 Å². The Morgan fingerprint density at radius 3 is 1.25 bits per heavy atom. The fraction of sp³-hybridized carbons (Fsp3) is 0.0435. The Kier molecular flexibility index (Phi) is 14.3. The van der Waals surface area contributed by atoms with Crippen LogP contribution in [0.5, 0.6) is 0 Å². The molecule has 28 heavy (non-hydrogen) atoms. The second-order valence-corrected chi connectivity index (χ2v) is 5.29. The molecule has 5 heteroatoms. The zero-order valence-electron chi connectivity index (χ0n) is 15.5. The molecule has 0 atom stereocenters. The molecule has 0 spiro atoms. The van der Waals surface area contributed by atoms with Crippen LogP contribution < -0.4 is 10.2 Å². The Balaban J connectivity index is 0.000000384. The van der Waals surface area contributed by atoms with Crippen LogP contribution in [0.4, 0.5) is 0 Å². The van der Waals surface area contributed by atoms with Crippen molar-refractivity contribution in [1.82, 2.24) is 0 Å². The van der Waals surface area contributed by atoms with Gasteiger partial charge < -0.3 is 19.8 Å². The first kappa shape index (κ1) is 25.6. The van der Waals surface area contributed by atoms with E-state index in [0.717, 1.165) is 6.42 Å². The van der Waals surface area contributed by atoms with Gasteiger partial charge in [0.25, 0.3) is 0 Å². The number of carboxylic acid groups (broad SMARTS) is 2. The topological polar surface area (TPSA) is 80.3 Å². The largest absolute Gasteiger partial charge is 2.00 e. The van der Waals surface area contributed by atoms with Crippen molar-refractivity contribution in [2.45, 2.75) is 6.42 Å². The third-order valence-corrected chi connectivity index (χ3v) is 3.24. The van der Waals surface area contributed by atoms with Gasteiger partial charge in [0.1, 0.15) is 0 Å². The minimum Gasteiger partial charge on any atom is -0.545 e. The second kappa shape index (κ2) is 15.6. The molecule has 0 fully saturated rings.